The SMILES string of the molecule is CO/N=C(\C(=O)N[C@@H]1C(=O)N(S(=O)(=O)O)[C@@H]1CON=C(C)C)c1csc(N)n1. The Balaban J connectivity index is 2.21. The predicted molar refractivity (Wildman–Crippen MR) is 98.9 cm³/mol. The molecule has 13 nitrogen and oxygen atoms in total. The van der Waals surface area contributed by atoms with Gasteiger partial charge in [-0.25, -0.2) is 9.29 Å². The molecule has 0 unspecified atom stereocenters. The highest BCUT2D eigenvalue weighted by Gasteiger charge is 2.54. The van der Waals surface area contributed by atoms with Gasteiger partial charge in [0.1, 0.15) is 31.5 Å². The van der Waals surface area contributed by atoms with Crippen LogP contribution in [0, 0.1) is 0 Å². The molecule has 1 fully saturated rings. The maximum atomic E-state index is 12.5. The molecule has 2 rings (SSSR count). The van der Waals surface area contributed by atoms with Crippen molar-refractivity contribution in [1.29, 1.82) is 0 Å². The number of carbonyl (C=O) groups is 2. The number of hydrogen-bond donors (Lipinski definition) is 3. The van der Waals surface area contributed by atoms with Crippen LogP contribution in [0.2, 0.25) is 0 Å². The van der Waals surface area contributed by atoms with Gasteiger partial charge < -0.3 is 20.7 Å². The summed E-state index contributed by atoms with van der Waals surface area (Å²) in [5.41, 5.74) is 5.92. The summed E-state index contributed by atoms with van der Waals surface area (Å²) in [6, 6.07) is -2.52. The smallest absolute Gasteiger partial charge is 0.362 e. The average Bonchev–Trinajstić information content (AvgIpc) is 3.01. The Morgan fingerprint density at radius 3 is 2.64 bits per heavy atom. The summed E-state index contributed by atoms with van der Waals surface area (Å²) >= 11 is 1.06. The molecule has 28 heavy (non-hydrogen) atoms. The van der Waals surface area contributed by atoms with E-state index in [0.717, 1.165) is 11.3 Å². The molecule has 1 aromatic heterocycles. The van der Waals surface area contributed by atoms with Gasteiger partial charge in [0, 0.05) is 5.38 Å². The maximum Gasteiger partial charge on any atom is 0.362 e. The summed E-state index contributed by atoms with van der Waals surface area (Å²) in [4.78, 5) is 38.2. The summed E-state index contributed by atoms with van der Waals surface area (Å²) in [7, 11) is -3.63. The lowest BCUT2D eigenvalue weighted by Gasteiger charge is -2.43. The standard InChI is InChI=1S/C13H18N6O7S2/c1-6(2)17-26-4-8-10(12(21)19(8)28(22,23)24)16-11(20)9(18-25-3)7-5-27-13(14)15-7/h5,8,10H,4H2,1-3H3,(H2,14,15)(H,16,20)(H,22,23,24)/b18-9-/t8-,10+/m1/s1. The van der Waals surface area contributed by atoms with E-state index in [9.17, 15) is 22.6 Å². The molecular formula is C13H18N6O7S2. The van der Waals surface area contributed by atoms with E-state index in [2.05, 4.69) is 25.4 Å². The summed E-state index contributed by atoms with van der Waals surface area (Å²) in [6.45, 7) is 2.89. The fourth-order valence-electron chi connectivity index (χ4n) is 2.27. The number of hydrogen-bond acceptors (Lipinski definition) is 11. The first-order valence-electron chi connectivity index (χ1n) is 7.63. The number of carbonyl (C=O) groups excluding carboxylic acids is 2. The number of aromatic nitrogens is 1. The molecule has 1 aliphatic heterocycles. The van der Waals surface area contributed by atoms with Crippen molar-refractivity contribution >= 4 is 50.0 Å². The van der Waals surface area contributed by atoms with E-state index >= 15 is 0 Å². The van der Waals surface area contributed by atoms with Gasteiger partial charge in [-0.3, -0.25) is 14.1 Å². The Hall–Kier alpha value is -2.78. The number of anilines is 1. The molecule has 0 aliphatic carbocycles. The average molecular weight is 434 g/mol. The number of nitrogens with zero attached hydrogens (tertiary/aromatic N) is 4. The van der Waals surface area contributed by atoms with Crippen LogP contribution < -0.4 is 11.1 Å². The molecule has 1 aromatic rings. The van der Waals surface area contributed by atoms with E-state index in [1.165, 1.54) is 12.5 Å². The number of oxime groups is 2. The van der Waals surface area contributed by atoms with Gasteiger partial charge >= 0.3 is 10.3 Å². The van der Waals surface area contributed by atoms with E-state index in [1.807, 2.05) is 0 Å². The minimum absolute atomic E-state index is 0.110. The molecule has 0 aromatic carbocycles. The van der Waals surface area contributed by atoms with Crippen molar-refractivity contribution in [2.75, 3.05) is 19.5 Å². The summed E-state index contributed by atoms with van der Waals surface area (Å²) in [5.74, 6) is -1.91. The molecule has 0 radical (unpaired) electrons. The fourth-order valence-corrected chi connectivity index (χ4v) is 3.68. The van der Waals surface area contributed by atoms with Crippen LogP contribution in [-0.2, 0) is 29.6 Å². The minimum Gasteiger partial charge on any atom is -0.398 e. The Morgan fingerprint density at radius 1 is 1.46 bits per heavy atom. The van der Waals surface area contributed by atoms with Crippen LogP contribution in [0.4, 0.5) is 5.13 Å². The number of nitrogens with two attached hydrogens (primary N) is 1. The molecule has 2 atom stereocenters. The second-order valence-corrected chi connectivity index (χ2v) is 7.84. The van der Waals surface area contributed by atoms with E-state index in [0.29, 0.717) is 5.71 Å². The Labute approximate surface area is 164 Å². The molecule has 2 heterocycles. The molecule has 0 saturated carbocycles. The number of nitrogens with one attached hydrogen (secondary N) is 1. The van der Waals surface area contributed by atoms with Gasteiger partial charge in [-0.1, -0.05) is 10.3 Å². The highest BCUT2D eigenvalue weighted by molar-refractivity contribution is 7.84. The predicted octanol–water partition coefficient (Wildman–Crippen LogP) is -1.01. The zero-order chi connectivity index (χ0) is 21.1. The molecule has 1 aliphatic rings. The van der Waals surface area contributed by atoms with Gasteiger partial charge in [0.15, 0.2) is 10.8 Å². The highest BCUT2D eigenvalue weighted by Crippen LogP contribution is 2.24. The van der Waals surface area contributed by atoms with E-state index in [4.69, 9.17) is 10.6 Å². The molecule has 2 amide bonds. The largest absolute Gasteiger partial charge is 0.398 e. The Bertz CT molecular complexity index is 922. The Kier molecular flexibility index (Phi) is 6.52. The van der Waals surface area contributed by atoms with Gasteiger partial charge in [0.05, 0.1) is 5.71 Å². The zero-order valence-corrected chi connectivity index (χ0v) is 16.7. The summed E-state index contributed by atoms with van der Waals surface area (Å²) in [6.07, 6.45) is 0. The number of nitrogen functional groups attached to an aromatic ring is 1. The first kappa shape index (κ1) is 21.5. The number of rotatable bonds is 8. The van der Waals surface area contributed by atoms with Gasteiger partial charge in [-0.2, -0.15) is 8.42 Å². The lowest BCUT2D eigenvalue weighted by Crippen LogP contribution is -2.73. The maximum absolute atomic E-state index is 12.5. The number of thiazole rings is 1. The number of β-lactam (4-membered cyclic amide) rings is 1. The topological polar surface area (TPSA) is 186 Å². The van der Waals surface area contributed by atoms with Crippen molar-refractivity contribution in [3.8, 4) is 0 Å². The van der Waals surface area contributed by atoms with Crippen LogP contribution in [0.5, 0.6) is 0 Å². The molecule has 154 valence electrons. The monoisotopic (exact) mass is 434 g/mol. The van der Waals surface area contributed by atoms with Crippen molar-refractivity contribution in [2.24, 2.45) is 10.3 Å². The Morgan fingerprint density at radius 2 is 2.14 bits per heavy atom. The van der Waals surface area contributed by atoms with E-state index < -0.39 is 34.2 Å². The van der Waals surface area contributed by atoms with Gasteiger partial charge in [0.25, 0.3) is 11.8 Å². The summed E-state index contributed by atoms with van der Waals surface area (Å²) in [5, 5.41) is 11.2. The first-order valence-corrected chi connectivity index (χ1v) is 9.91. The van der Waals surface area contributed by atoms with Crippen LogP contribution >= 0.6 is 11.3 Å². The zero-order valence-electron chi connectivity index (χ0n) is 15.0. The van der Waals surface area contributed by atoms with E-state index in [1.54, 1.807) is 13.8 Å². The van der Waals surface area contributed by atoms with Crippen LogP contribution in [0.3, 0.4) is 0 Å². The van der Waals surface area contributed by atoms with E-state index in [-0.39, 0.29) is 27.4 Å². The van der Waals surface area contributed by atoms with Crippen molar-refractivity contribution in [2.45, 2.75) is 25.9 Å². The van der Waals surface area contributed by atoms with Crippen molar-refractivity contribution < 1.29 is 32.2 Å². The van der Waals surface area contributed by atoms with Gasteiger partial charge in [-0.05, 0) is 13.8 Å². The molecule has 4 N–H and O–H groups in total. The number of amides is 2. The molecule has 0 spiro atoms. The fraction of sp³-hybridized carbons (Fsp3) is 0.462. The van der Waals surface area contributed by atoms with Crippen LogP contribution in [0.15, 0.2) is 15.7 Å². The third kappa shape index (κ3) is 4.73. The molecular weight excluding hydrogens is 416 g/mol. The lowest BCUT2D eigenvalue weighted by atomic mass is 9.99. The third-order valence-corrected chi connectivity index (χ3v) is 4.98. The van der Waals surface area contributed by atoms with Crippen LogP contribution in [0.25, 0.3) is 0 Å². The molecule has 0 bridgehead atoms. The lowest BCUT2D eigenvalue weighted by molar-refractivity contribution is -0.147. The van der Waals surface area contributed by atoms with Gasteiger partial charge in [-0.15, -0.1) is 11.3 Å². The molecule has 1 saturated heterocycles. The first-order chi connectivity index (χ1) is 13.1. The second-order valence-electron chi connectivity index (χ2n) is 5.66. The second kappa shape index (κ2) is 8.49. The van der Waals surface area contributed by atoms with Crippen molar-refractivity contribution in [3.05, 3.63) is 11.1 Å². The molecule has 15 heteroatoms. The minimum atomic E-state index is -4.84. The van der Waals surface area contributed by atoms with Gasteiger partial charge in [0.2, 0.25) is 0 Å². The summed E-state index contributed by atoms with van der Waals surface area (Å²) < 4.78 is 32.2. The third-order valence-electron chi connectivity index (χ3n) is 3.36. The van der Waals surface area contributed by atoms with Crippen molar-refractivity contribution in [1.82, 2.24) is 14.6 Å². The van der Waals surface area contributed by atoms with Crippen molar-refractivity contribution in [3.63, 3.8) is 0 Å². The quantitative estimate of drug-likeness (QED) is 0.199. The normalized spacial score (nSPS) is 19.6. The van der Waals surface area contributed by atoms with Crippen LogP contribution in [0.1, 0.15) is 19.5 Å². The highest BCUT2D eigenvalue weighted by atomic mass is 32.2. The van der Waals surface area contributed by atoms with Crippen LogP contribution in [-0.4, -0.2) is 71.3 Å².